The van der Waals surface area contributed by atoms with E-state index in [1.54, 1.807) is 0 Å². The summed E-state index contributed by atoms with van der Waals surface area (Å²) in [7, 11) is -2.49. The fraction of sp³-hybridized carbons (Fsp3) is 1.00. The van der Waals surface area contributed by atoms with Crippen molar-refractivity contribution in [3.63, 3.8) is 0 Å². The van der Waals surface area contributed by atoms with Crippen molar-refractivity contribution in [3.05, 3.63) is 0 Å². The minimum atomic E-state index is -2.49. The van der Waals surface area contributed by atoms with Gasteiger partial charge in [0.25, 0.3) is 0 Å². The molecule has 0 spiro atoms. The normalized spacial score (nSPS) is 15.2. The third kappa shape index (κ3) is 6.68. The van der Waals surface area contributed by atoms with Crippen LogP contribution in [0.15, 0.2) is 0 Å². The van der Waals surface area contributed by atoms with Gasteiger partial charge < -0.3 is 0 Å². The summed E-state index contributed by atoms with van der Waals surface area (Å²) in [5.41, 5.74) is 0. The molecule has 0 radical (unpaired) electrons. The molecular weight excluding hydrogens is 230 g/mol. The minimum Gasteiger partial charge on any atom is -0.133 e. The van der Waals surface area contributed by atoms with Crippen molar-refractivity contribution >= 4 is 35.8 Å². The van der Waals surface area contributed by atoms with Crippen molar-refractivity contribution in [1.29, 1.82) is 0 Å². The van der Waals surface area contributed by atoms with Gasteiger partial charge >= 0.3 is 8.25 Å². The van der Waals surface area contributed by atoms with Crippen molar-refractivity contribution < 1.29 is 14.0 Å². The van der Waals surface area contributed by atoms with Crippen molar-refractivity contribution in [1.82, 2.24) is 0 Å². The molecule has 0 aliphatic rings. The molecule has 0 rings (SSSR count). The molecule has 0 aliphatic heterocycles. The molecule has 0 amide bonds. The highest BCUT2D eigenvalue weighted by Gasteiger charge is 2.14. The molecule has 0 bridgehead atoms. The third-order valence-corrected chi connectivity index (χ3v) is 2.34. The third-order valence-electron chi connectivity index (χ3n) is 0.533. The Kier molecular flexibility index (Phi) is 6.05. The fourth-order valence-corrected chi connectivity index (χ4v) is 0.834. The first-order valence-corrected chi connectivity index (χ1v) is 4.84. The summed E-state index contributed by atoms with van der Waals surface area (Å²) in [6.07, 6.45) is 0. The van der Waals surface area contributed by atoms with Crippen LogP contribution in [-0.4, -0.2) is 22.2 Å². The van der Waals surface area contributed by atoms with Crippen molar-refractivity contribution in [2.45, 2.75) is 5.38 Å². The van der Waals surface area contributed by atoms with E-state index in [9.17, 15) is 4.57 Å². The summed E-state index contributed by atoms with van der Waals surface area (Å²) in [6, 6.07) is 0. The van der Waals surface area contributed by atoms with Crippen LogP contribution in [0, 0.1) is 0 Å². The van der Waals surface area contributed by atoms with E-state index in [-0.39, 0.29) is 12.0 Å². The summed E-state index contributed by atoms with van der Waals surface area (Å²) in [6.45, 7) is 0.0957. The van der Waals surface area contributed by atoms with Crippen molar-refractivity contribution in [2.24, 2.45) is 0 Å². The van der Waals surface area contributed by atoms with Crippen molar-refractivity contribution in [3.8, 4) is 0 Å². The number of halogens is 2. The molecule has 2 atom stereocenters. The minimum absolute atomic E-state index is 0.0957. The van der Waals surface area contributed by atoms with Gasteiger partial charge in [-0.1, -0.05) is 15.9 Å². The zero-order valence-electron chi connectivity index (χ0n) is 4.46. The lowest BCUT2D eigenvalue weighted by Gasteiger charge is -1.95. The quantitative estimate of drug-likeness (QED) is 0.596. The summed E-state index contributed by atoms with van der Waals surface area (Å²) < 4.78 is 14.2. The summed E-state index contributed by atoms with van der Waals surface area (Å²) in [4.78, 5) is 8.11. The van der Waals surface area contributed by atoms with Gasteiger partial charge in [-0.15, -0.1) is 21.0 Å². The summed E-state index contributed by atoms with van der Waals surface area (Å²) in [5, 5.41) is 0.314. The smallest absolute Gasteiger partial charge is 0.133 e. The Labute approximate surface area is 67.4 Å². The van der Waals surface area contributed by atoms with Crippen molar-refractivity contribution in [2.75, 3.05) is 11.9 Å². The van der Waals surface area contributed by atoms with E-state index in [4.69, 9.17) is 16.5 Å². The maximum atomic E-state index is 9.87. The second kappa shape index (κ2) is 5.57. The predicted molar refractivity (Wildman–Crippen MR) is 39.2 cm³/mol. The van der Waals surface area contributed by atoms with Gasteiger partial charge in [0.15, 0.2) is 0 Å². The van der Waals surface area contributed by atoms with E-state index in [1.165, 1.54) is 0 Å². The Balaban J connectivity index is 3.16. The maximum Gasteiger partial charge on any atom is 0.694 e. The van der Waals surface area contributed by atoms with Gasteiger partial charge in [0.1, 0.15) is 6.61 Å². The summed E-state index contributed by atoms with van der Waals surface area (Å²) in [5.74, 6) is 0. The first-order chi connectivity index (χ1) is 4.16. The second-order valence-corrected chi connectivity index (χ2v) is 3.28. The molecule has 3 nitrogen and oxygen atoms in total. The zero-order valence-corrected chi connectivity index (χ0v) is 7.69. The molecule has 0 heterocycles. The highest BCUT2D eigenvalue weighted by Crippen LogP contribution is 2.16. The van der Waals surface area contributed by atoms with Gasteiger partial charge in [0.2, 0.25) is 0 Å². The van der Waals surface area contributed by atoms with Crippen LogP contribution in [0.3, 0.4) is 0 Å². The van der Waals surface area contributed by atoms with E-state index in [0.717, 1.165) is 0 Å². The summed E-state index contributed by atoms with van der Waals surface area (Å²) >= 11 is 8.57. The first-order valence-electron chi connectivity index (χ1n) is 2.16. The van der Waals surface area contributed by atoms with Crippen LogP contribution in [0.25, 0.3) is 0 Å². The molecule has 0 aromatic carbocycles. The van der Waals surface area contributed by atoms with E-state index in [1.807, 2.05) is 0 Å². The van der Waals surface area contributed by atoms with Gasteiger partial charge in [-0.25, -0.2) is 0 Å². The van der Waals surface area contributed by atoms with Gasteiger partial charge in [0, 0.05) is 9.90 Å². The second-order valence-electron chi connectivity index (χ2n) is 1.29. The Morgan fingerprint density at radius 2 is 2.44 bits per heavy atom. The van der Waals surface area contributed by atoms with Gasteiger partial charge in [-0.2, -0.15) is 0 Å². The van der Waals surface area contributed by atoms with Crippen LogP contribution in [-0.2, 0) is 9.09 Å². The topological polar surface area (TPSA) is 46.5 Å². The first kappa shape index (κ1) is 9.79. The lowest BCUT2D eigenvalue weighted by molar-refractivity contribution is 0.285. The Morgan fingerprint density at radius 1 is 1.89 bits per heavy atom. The molecule has 0 aromatic rings. The van der Waals surface area contributed by atoms with Gasteiger partial charge in [-0.05, 0) is 0 Å². The number of alkyl halides is 2. The number of hydrogen-bond donors (Lipinski definition) is 1. The fourth-order valence-electron chi connectivity index (χ4n) is 0.189. The molecule has 9 heavy (non-hydrogen) atoms. The Bertz CT molecular complexity index is 101. The van der Waals surface area contributed by atoms with Crippen LogP contribution in [0.2, 0.25) is 0 Å². The van der Waals surface area contributed by atoms with E-state index in [2.05, 4.69) is 20.5 Å². The lowest BCUT2D eigenvalue weighted by Crippen LogP contribution is -2.06. The lowest BCUT2D eigenvalue weighted by atomic mass is 10.5. The average Bonchev–Trinajstić information content (AvgIpc) is 1.83. The van der Waals surface area contributed by atoms with Gasteiger partial charge in [0.05, 0.1) is 5.38 Å². The van der Waals surface area contributed by atoms with Crippen LogP contribution in [0.4, 0.5) is 0 Å². The Morgan fingerprint density at radius 3 is 2.78 bits per heavy atom. The highest BCUT2D eigenvalue weighted by atomic mass is 79.9. The molecule has 2 unspecified atom stereocenters. The number of rotatable bonds is 4. The highest BCUT2D eigenvalue weighted by molar-refractivity contribution is 9.09. The molecule has 1 N–H and O–H groups in total. The molecule has 0 saturated heterocycles. The van der Waals surface area contributed by atoms with Crippen LogP contribution < -0.4 is 0 Å². The molecule has 0 aliphatic carbocycles. The largest absolute Gasteiger partial charge is 0.694 e. The van der Waals surface area contributed by atoms with Crippen LogP contribution >= 0.6 is 35.8 Å². The number of hydrogen-bond acceptors (Lipinski definition) is 2. The average molecular weight is 236 g/mol. The zero-order chi connectivity index (χ0) is 7.28. The van der Waals surface area contributed by atoms with E-state index < -0.39 is 8.25 Å². The van der Waals surface area contributed by atoms with E-state index in [0.29, 0.717) is 5.33 Å². The molecule has 0 saturated carbocycles. The molecule has 54 valence electrons. The van der Waals surface area contributed by atoms with Crippen LogP contribution in [0.5, 0.6) is 0 Å². The predicted octanol–water partition coefficient (Wildman–Crippen LogP) is 1.66. The van der Waals surface area contributed by atoms with Gasteiger partial charge in [-0.3, -0.25) is 0 Å². The standard InChI is InChI=1S/C3H5BrClO3P/c4-1-3(5)2-8-9(6)7/h3H,1-2H2/p+1. The van der Waals surface area contributed by atoms with E-state index >= 15 is 0 Å². The Hall–Kier alpha value is 0.790. The monoisotopic (exact) mass is 235 g/mol. The molecular formula is C3H6BrClO3P+. The SMILES string of the molecule is O=[P+](O)OCC(Cl)CBr. The molecule has 0 aromatic heterocycles. The molecule has 6 heteroatoms. The maximum absolute atomic E-state index is 9.87. The van der Waals surface area contributed by atoms with Crippen LogP contribution in [0.1, 0.15) is 0 Å². The molecule has 0 fully saturated rings.